The predicted octanol–water partition coefficient (Wildman–Crippen LogP) is 3.92. The predicted molar refractivity (Wildman–Crippen MR) is 74.1 cm³/mol. The number of hydrogen-bond acceptors (Lipinski definition) is 3. The van der Waals surface area contributed by atoms with Gasteiger partial charge in [-0.1, -0.05) is 43.2 Å². The van der Waals surface area contributed by atoms with Crippen LogP contribution in [0.2, 0.25) is 0 Å². The molecule has 0 radical (unpaired) electrons. The van der Waals surface area contributed by atoms with Gasteiger partial charge in [-0.05, 0) is 13.3 Å². The molecule has 1 aromatic heterocycles. The van der Waals surface area contributed by atoms with E-state index in [0.29, 0.717) is 0 Å². The summed E-state index contributed by atoms with van der Waals surface area (Å²) in [5.74, 6) is 0. The van der Waals surface area contributed by atoms with E-state index in [2.05, 4.69) is 48.5 Å². The van der Waals surface area contributed by atoms with Crippen molar-refractivity contribution >= 4 is 11.3 Å². The largest absolute Gasteiger partial charge is 0.322 e. The quantitative estimate of drug-likeness (QED) is 0.888. The summed E-state index contributed by atoms with van der Waals surface area (Å²) in [5.41, 5.74) is 9.55. The van der Waals surface area contributed by atoms with Crippen LogP contribution in [0.3, 0.4) is 0 Å². The molecule has 1 aromatic carbocycles. The number of benzene rings is 1. The molecule has 1 unspecified atom stereocenters. The summed E-state index contributed by atoms with van der Waals surface area (Å²) < 4.78 is 0. The third-order valence-corrected chi connectivity index (χ3v) is 3.76. The number of nitrogens with two attached hydrogens (primary N) is 1. The standard InChI is InChI=1S/C14H18N2S/c1-3-4-12(15)14-16-13(9-17-14)11-7-5-10(2)6-8-11/h5-9,12H,3-4,15H2,1-2H3. The molecule has 17 heavy (non-hydrogen) atoms. The Hall–Kier alpha value is -1.19. The summed E-state index contributed by atoms with van der Waals surface area (Å²) in [4.78, 5) is 4.62. The second kappa shape index (κ2) is 5.43. The first-order chi connectivity index (χ1) is 8.20. The topological polar surface area (TPSA) is 38.9 Å². The highest BCUT2D eigenvalue weighted by atomic mass is 32.1. The van der Waals surface area contributed by atoms with E-state index in [-0.39, 0.29) is 6.04 Å². The summed E-state index contributed by atoms with van der Waals surface area (Å²) >= 11 is 1.66. The fourth-order valence-electron chi connectivity index (χ4n) is 1.75. The zero-order valence-electron chi connectivity index (χ0n) is 10.3. The van der Waals surface area contributed by atoms with Crippen LogP contribution in [0, 0.1) is 6.92 Å². The van der Waals surface area contributed by atoms with Crippen molar-refractivity contribution in [3.05, 3.63) is 40.2 Å². The maximum Gasteiger partial charge on any atom is 0.110 e. The number of aryl methyl sites for hydroxylation is 1. The molecule has 2 aromatic rings. The Kier molecular flexibility index (Phi) is 3.92. The van der Waals surface area contributed by atoms with E-state index in [1.807, 2.05) is 0 Å². The van der Waals surface area contributed by atoms with E-state index in [1.165, 1.54) is 11.1 Å². The summed E-state index contributed by atoms with van der Waals surface area (Å²) in [6.45, 7) is 4.24. The number of thiazole rings is 1. The van der Waals surface area contributed by atoms with Crippen LogP contribution >= 0.6 is 11.3 Å². The van der Waals surface area contributed by atoms with Crippen LogP contribution in [-0.2, 0) is 0 Å². The highest BCUT2D eigenvalue weighted by molar-refractivity contribution is 7.10. The van der Waals surface area contributed by atoms with E-state index in [0.717, 1.165) is 23.5 Å². The zero-order chi connectivity index (χ0) is 12.3. The molecule has 0 aliphatic heterocycles. The van der Waals surface area contributed by atoms with Crippen LogP contribution in [0.15, 0.2) is 29.6 Å². The molecule has 2 rings (SSSR count). The SMILES string of the molecule is CCCC(N)c1nc(-c2ccc(C)cc2)cs1. The smallest absolute Gasteiger partial charge is 0.110 e. The molecule has 0 fully saturated rings. The van der Waals surface area contributed by atoms with Crippen molar-refractivity contribution in [3.63, 3.8) is 0 Å². The van der Waals surface area contributed by atoms with Crippen molar-refractivity contribution in [2.24, 2.45) is 5.73 Å². The first-order valence-corrected chi connectivity index (χ1v) is 6.86. The molecular weight excluding hydrogens is 228 g/mol. The molecule has 2 N–H and O–H groups in total. The van der Waals surface area contributed by atoms with Gasteiger partial charge in [0.05, 0.1) is 11.7 Å². The Morgan fingerprint density at radius 2 is 2.00 bits per heavy atom. The van der Waals surface area contributed by atoms with E-state index < -0.39 is 0 Å². The van der Waals surface area contributed by atoms with Crippen molar-refractivity contribution in [2.75, 3.05) is 0 Å². The molecule has 0 aliphatic carbocycles. The highest BCUT2D eigenvalue weighted by Crippen LogP contribution is 2.26. The van der Waals surface area contributed by atoms with Gasteiger partial charge in [0.1, 0.15) is 5.01 Å². The Labute approximate surface area is 107 Å². The van der Waals surface area contributed by atoms with Gasteiger partial charge in [0.15, 0.2) is 0 Å². The molecule has 2 nitrogen and oxygen atoms in total. The normalized spacial score (nSPS) is 12.6. The lowest BCUT2D eigenvalue weighted by Crippen LogP contribution is -2.09. The average molecular weight is 246 g/mol. The van der Waals surface area contributed by atoms with Gasteiger partial charge in [-0.25, -0.2) is 4.98 Å². The van der Waals surface area contributed by atoms with Crippen molar-refractivity contribution in [2.45, 2.75) is 32.7 Å². The van der Waals surface area contributed by atoms with Gasteiger partial charge < -0.3 is 5.73 Å². The van der Waals surface area contributed by atoms with Gasteiger partial charge in [-0.15, -0.1) is 11.3 Å². The molecule has 3 heteroatoms. The minimum Gasteiger partial charge on any atom is -0.322 e. The van der Waals surface area contributed by atoms with Gasteiger partial charge in [-0.2, -0.15) is 0 Å². The molecule has 0 amide bonds. The van der Waals surface area contributed by atoms with Crippen LogP contribution in [0.1, 0.15) is 36.4 Å². The Bertz CT molecular complexity index is 473. The van der Waals surface area contributed by atoms with Crippen molar-refractivity contribution in [1.29, 1.82) is 0 Å². The highest BCUT2D eigenvalue weighted by Gasteiger charge is 2.10. The van der Waals surface area contributed by atoms with E-state index in [9.17, 15) is 0 Å². The summed E-state index contributed by atoms with van der Waals surface area (Å²) in [5, 5.41) is 3.14. The van der Waals surface area contributed by atoms with Crippen LogP contribution in [0.25, 0.3) is 11.3 Å². The third kappa shape index (κ3) is 2.93. The molecule has 90 valence electrons. The van der Waals surface area contributed by atoms with Gasteiger partial charge in [-0.3, -0.25) is 0 Å². The number of hydrogen-bond donors (Lipinski definition) is 1. The van der Waals surface area contributed by atoms with E-state index >= 15 is 0 Å². The summed E-state index contributed by atoms with van der Waals surface area (Å²) in [7, 11) is 0. The second-order valence-electron chi connectivity index (χ2n) is 4.33. The zero-order valence-corrected chi connectivity index (χ0v) is 11.1. The third-order valence-electron chi connectivity index (χ3n) is 2.79. The fraction of sp³-hybridized carbons (Fsp3) is 0.357. The van der Waals surface area contributed by atoms with Gasteiger partial charge in [0, 0.05) is 10.9 Å². The van der Waals surface area contributed by atoms with Crippen molar-refractivity contribution < 1.29 is 0 Å². The van der Waals surface area contributed by atoms with Crippen molar-refractivity contribution in [3.8, 4) is 11.3 Å². The molecule has 1 atom stereocenters. The monoisotopic (exact) mass is 246 g/mol. The Balaban J connectivity index is 2.20. The molecule has 0 bridgehead atoms. The number of nitrogens with zero attached hydrogens (tertiary/aromatic N) is 1. The molecule has 1 heterocycles. The van der Waals surface area contributed by atoms with Gasteiger partial charge >= 0.3 is 0 Å². The first-order valence-electron chi connectivity index (χ1n) is 5.98. The second-order valence-corrected chi connectivity index (χ2v) is 5.22. The minimum absolute atomic E-state index is 0.0872. The molecule has 0 spiro atoms. The first kappa shape index (κ1) is 12.3. The van der Waals surface area contributed by atoms with Crippen LogP contribution in [0.4, 0.5) is 0 Å². The minimum atomic E-state index is 0.0872. The van der Waals surface area contributed by atoms with Crippen LogP contribution in [-0.4, -0.2) is 4.98 Å². The van der Waals surface area contributed by atoms with Crippen molar-refractivity contribution in [1.82, 2.24) is 4.98 Å². The van der Waals surface area contributed by atoms with Crippen LogP contribution in [0.5, 0.6) is 0 Å². The maximum absolute atomic E-state index is 6.07. The summed E-state index contributed by atoms with van der Waals surface area (Å²) in [6, 6.07) is 8.53. The molecule has 0 saturated heterocycles. The lowest BCUT2D eigenvalue weighted by atomic mass is 10.1. The van der Waals surface area contributed by atoms with Gasteiger partial charge in [0.2, 0.25) is 0 Å². The van der Waals surface area contributed by atoms with E-state index in [1.54, 1.807) is 11.3 Å². The average Bonchev–Trinajstić information content (AvgIpc) is 2.80. The number of aromatic nitrogens is 1. The summed E-state index contributed by atoms with van der Waals surface area (Å²) in [6.07, 6.45) is 2.10. The Morgan fingerprint density at radius 3 is 2.65 bits per heavy atom. The lowest BCUT2D eigenvalue weighted by Gasteiger charge is -2.05. The molecular formula is C14H18N2S. The fourth-order valence-corrected chi connectivity index (χ4v) is 2.61. The van der Waals surface area contributed by atoms with E-state index in [4.69, 9.17) is 5.73 Å². The van der Waals surface area contributed by atoms with Crippen LogP contribution < -0.4 is 5.73 Å². The molecule has 0 aliphatic rings. The van der Waals surface area contributed by atoms with Gasteiger partial charge in [0.25, 0.3) is 0 Å². The maximum atomic E-state index is 6.07. The number of rotatable bonds is 4. The lowest BCUT2D eigenvalue weighted by molar-refractivity contribution is 0.635. The molecule has 0 saturated carbocycles. The Morgan fingerprint density at radius 1 is 1.29 bits per heavy atom.